The van der Waals surface area contributed by atoms with Crippen molar-refractivity contribution in [1.29, 1.82) is 0 Å². The van der Waals surface area contributed by atoms with Crippen LogP contribution in [0.4, 0.5) is 0 Å². The maximum absolute atomic E-state index is 12.4. The normalized spacial score (nSPS) is 18.1. The van der Waals surface area contributed by atoms with Gasteiger partial charge in [0.2, 0.25) is 5.91 Å². The van der Waals surface area contributed by atoms with Gasteiger partial charge in [-0.15, -0.1) is 0 Å². The van der Waals surface area contributed by atoms with Crippen LogP contribution >= 0.6 is 0 Å². The molecule has 1 aliphatic rings. The monoisotopic (exact) mass is 348 g/mol. The molecular weight excluding hydrogens is 316 g/mol. The van der Waals surface area contributed by atoms with Crippen molar-refractivity contribution in [2.24, 2.45) is 0 Å². The molecule has 1 fully saturated rings. The molecule has 0 aliphatic heterocycles. The summed E-state index contributed by atoms with van der Waals surface area (Å²) in [5.74, 6) is 0.0480. The molecule has 25 heavy (non-hydrogen) atoms. The SMILES string of the molecule is CC(C(=O)NC1CCCCC1)N(C)CC(O)COCc1ccccc1. The van der Waals surface area contributed by atoms with Gasteiger partial charge in [0, 0.05) is 12.6 Å². The van der Waals surface area contributed by atoms with E-state index in [1.54, 1.807) is 0 Å². The molecule has 2 rings (SSSR count). The zero-order valence-electron chi connectivity index (χ0n) is 15.5. The number of ether oxygens (including phenoxy) is 1. The summed E-state index contributed by atoms with van der Waals surface area (Å²) in [6.07, 6.45) is 5.23. The summed E-state index contributed by atoms with van der Waals surface area (Å²) in [5, 5.41) is 13.3. The van der Waals surface area contributed by atoms with Crippen LogP contribution in [-0.4, -0.2) is 54.3 Å². The number of hydrogen-bond acceptors (Lipinski definition) is 4. The van der Waals surface area contributed by atoms with Crippen LogP contribution in [0.1, 0.15) is 44.6 Å². The standard InChI is InChI=1S/C20H32N2O3/c1-16(20(24)21-18-11-7-4-8-12-18)22(2)13-19(23)15-25-14-17-9-5-3-6-10-17/h3,5-6,9-10,16,18-19,23H,4,7-8,11-15H2,1-2H3,(H,21,24). The first-order valence-electron chi connectivity index (χ1n) is 9.36. The third-order valence-corrected chi connectivity index (χ3v) is 4.91. The number of nitrogens with one attached hydrogen (secondary N) is 1. The minimum atomic E-state index is -0.612. The minimum Gasteiger partial charge on any atom is -0.389 e. The molecule has 2 unspecified atom stereocenters. The van der Waals surface area contributed by atoms with E-state index in [0.717, 1.165) is 18.4 Å². The average Bonchev–Trinajstić information content (AvgIpc) is 2.62. The Morgan fingerprint density at radius 3 is 2.64 bits per heavy atom. The highest BCUT2D eigenvalue weighted by Crippen LogP contribution is 2.17. The third kappa shape index (κ3) is 7.14. The number of nitrogens with zero attached hydrogens (tertiary/aromatic N) is 1. The largest absolute Gasteiger partial charge is 0.389 e. The van der Waals surface area contributed by atoms with Gasteiger partial charge in [0.15, 0.2) is 0 Å². The quantitative estimate of drug-likeness (QED) is 0.719. The van der Waals surface area contributed by atoms with Crippen molar-refractivity contribution in [3.8, 4) is 0 Å². The van der Waals surface area contributed by atoms with Crippen LogP contribution in [0.25, 0.3) is 0 Å². The number of benzene rings is 1. The molecule has 1 aromatic carbocycles. The Labute approximate surface area is 151 Å². The molecule has 0 radical (unpaired) electrons. The molecule has 1 aliphatic carbocycles. The highest BCUT2D eigenvalue weighted by Gasteiger charge is 2.23. The van der Waals surface area contributed by atoms with Crippen LogP contribution in [0.15, 0.2) is 30.3 Å². The fraction of sp³-hybridized carbons (Fsp3) is 0.650. The summed E-state index contributed by atoms with van der Waals surface area (Å²) < 4.78 is 5.57. The van der Waals surface area contributed by atoms with E-state index in [4.69, 9.17) is 4.74 Å². The number of hydrogen-bond donors (Lipinski definition) is 2. The Bertz CT molecular complexity index is 503. The van der Waals surface area contributed by atoms with Gasteiger partial charge in [-0.2, -0.15) is 0 Å². The van der Waals surface area contributed by atoms with E-state index in [1.165, 1.54) is 19.3 Å². The maximum Gasteiger partial charge on any atom is 0.237 e. The molecule has 140 valence electrons. The van der Waals surface area contributed by atoms with E-state index < -0.39 is 6.10 Å². The number of aliphatic hydroxyl groups excluding tert-OH is 1. The van der Waals surface area contributed by atoms with E-state index in [1.807, 2.05) is 49.2 Å². The molecule has 5 heteroatoms. The van der Waals surface area contributed by atoms with Gasteiger partial charge < -0.3 is 15.2 Å². The summed E-state index contributed by atoms with van der Waals surface area (Å²) in [4.78, 5) is 14.3. The summed E-state index contributed by atoms with van der Waals surface area (Å²) in [7, 11) is 1.87. The predicted octanol–water partition coefficient (Wildman–Crippen LogP) is 2.33. The molecule has 1 saturated carbocycles. The fourth-order valence-electron chi connectivity index (χ4n) is 3.20. The van der Waals surface area contributed by atoms with E-state index in [2.05, 4.69) is 5.32 Å². The third-order valence-electron chi connectivity index (χ3n) is 4.91. The Kier molecular flexibility index (Phi) is 8.38. The summed E-state index contributed by atoms with van der Waals surface area (Å²) in [6.45, 7) is 3.04. The molecule has 2 atom stereocenters. The van der Waals surface area contributed by atoms with E-state index in [-0.39, 0.29) is 18.6 Å². The van der Waals surface area contributed by atoms with Crippen molar-refractivity contribution < 1.29 is 14.6 Å². The Morgan fingerprint density at radius 1 is 1.28 bits per heavy atom. The first kappa shape index (κ1) is 19.9. The Morgan fingerprint density at radius 2 is 1.96 bits per heavy atom. The molecule has 1 aromatic rings. The van der Waals surface area contributed by atoms with Gasteiger partial charge in [0.05, 0.1) is 25.4 Å². The van der Waals surface area contributed by atoms with Gasteiger partial charge in [0.1, 0.15) is 0 Å². The van der Waals surface area contributed by atoms with Gasteiger partial charge in [-0.3, -0.25) is 9.69 Å². The summed E-state index contributed by atoms with van der Waals surface area (Å²) >= 11 is 0. The lowest BCUT2D eigenvalue weighted by molar-refractivity contribution is -0.127. The lowest BCUT2D eigenvalue weighted by atomic mass is 9.95. The Hall–Kier alpha value is -1.43. The number of likely N-dealkylation sites (N-methyl/N-ethyl adjacent to an activating group) is 1. The van der Waals surface area contributed by atoms with Crippen LogP contribution in [-0.2, 0) is 16.1 Å². The minimum absolute atomic E-state index is 0.0480. The van der Waals surface area contributed by atoms with Crippen LogP contribution in [0, 0.1) is 0 Å². The molecule has 0 heterocycles. The highest BCUT2D eigenvalue weighted by atomic mass is 16.5. The second-order valence-corrected chi connectivity index (χ2v) is 7.11. The van der Waals surface area contributed by atoms with E-state index >= 15 is 0 Å². The van der Waals surface area contributed by atoms with Crippen LogP contribution in [0.3, 0.4) is 0 Å². The van der Waals surface area contributed by atoms with Crippen LogP contribution in [0.5, 0.6) is 0 Å². The molecule has 0 spiro atoms. The number of aliphatic hydroxyl groups is 1. The van der Waals surface area contributed by atoms with Crippen LogP contribution < -0.4 is 5.32 Å². The zero-order valence-corrected chi connectivity index (χ0v) is 15.5. The molecule has 2 N–H and O–H groups in total. The first-order valence-corrected chi connectivity index (χ1v) is 9.36. The fourth-order valence-corrected chi connectivity index (χ4v) is 3.20. The smallest absolute Gasteiger partial charge is 0.237 e. The maximum atomic E-state index is 12.4. The predicted molar refractivity (Wildman–Crippen MR) is 99.2 cm³/mol. The second kappa shape index (κ2) is 10.5. The molecule has 0 saturated heterocycles. The number of rotatable bonds is 9. The van der Waals surface area contributed by atoms with Crippen molar-refractivity contribution in [2.75, 3.05) is 20.2 Å². The highest BCUT2D eigenvalue weighted by molar-refractivity contribution is 5.81. The topological polar surface area (TPSA) is 61.8 Å². The molecular formula is C20H32N2O3. The van der Waals surface area contributed by atoms with Crippen molar-refractivity contribution in [3.05, 3.63) is 35.9 Å². The van der Waals surface area contributed by atoms with Gasteiger partial charge in [-0.25, -0.2) is 0 Å². The van der Waals surface area contributed by atoms with Crippen molar-refractivity contribution in [2.45, 2.75) is 63.8 Å². The summed E-state index contributed by atoms with van der Waals surface area (Å²) in [5.41, 5.74) is 1.09. The van der Waals surface area contributed by atoms with Gasteiger partial charge in [-0.1, -0.05) is 49.6 Å². The van der Waals surface area contributed by atoms with Gasteiger partial charge in [-0.05, 0) is 32.4 Å². The lowest BCUT2D eigenvalue weighted by Crippen LogP contribution is -2.49. The van der Waals surface area contributed by atoms with Crippen molar-refractivity contribution >= 4 is 5.91 Å². The number of carbonyl (C=O) groups excluding carboxylic acids is 1. The van der Waals surface area contributed by atoms with Gasteiger partial charge >= 0.3 is 0 Å². The first-order chi connectivity index (χ1) is 12.1. The van der Waals surface area contributed by atoms with E-state index in [9.17, 15) is 9.90 Å². The van der Waals surface area contributed by atoms with Gasteiger partial charge in [0.25, 0.3) is 0 Å². The number of carbonyl (C=O) groups is 1. The van der Waals surface area contributed by atoms with Crippen molar-refractivity contribution in [1.82, 2.24) is 10.2 Å². The average molecular weight is 348 g/mol. The van der Waals surface area contributed by atoms with Crippen molar-refractivity contribution in [3.63, 3.8) is 0 Å². The van der Waals surface area contributed by atoms with Crippen LogP contribution in [0.2, 0.25) is 0 Å². The van der Waals surface area contributed by atoms with E-state index in [0.29, 0.717) is 19.2 Å². The number of amides is 1. The molecule has 1 amide bonds. The molecule has 5 nitrogen and oxygen atoms in total. The Balaban J connectivity index is 1.66. The second-order valence-electron chi connectivity index (χ2n) is 7.11. The zero-order chi connectivity index (χ0) is 18.1. The summed E-state index contributed by atoms with van der Waals surface area (Å²) in [6, 6.07) is 9.95. The molecule has 0 aromatic heterocycles. The molecule has 0 bridgehead atoms. The lowest BCUT2D eigenvalue weighted by Gasteiger charge is -2.29.